The Kier molecular flexibility index (Phi) is 5.26. The lowest BCUT2D eigenvalue weighted by molar-refractivity contribution is 0.531. The van der Waals surface area contributed by atoms with Crippen molar-refractivity contribution >= 4 is 21.6 Å². The summed E-state index contributed by atoms with van der Waals surface area (Å²) < 4.78 is 22.3. The van der Waals surface area contributed by atoms with Crippen LogP contribution >= 0.6 is 11.8 Å². The molecule has 0 radical (unpaired) electrons. The van der Waals surface area contributed by atoms with Gasteiger partial charge in [-0.15, -0.1) is 0 Å². The summed E-state index contributed by atoms with van der Waals surface area (Å²) >= 11 is 1.99. The zero-order chi connectivity index (χ0) is 10.4. The molecule has 0 aromatic heterocycles. The van der Waals surface area contributed by atoms with Gasteiger partial charge < -0.3 is 5.32 Å². The summed E-state index contributed by atoms with van der Waals surface area (Å²) in [6, 6.07) is 0. The van der Waals surface area contributed by atoms with Crippen molar-refractivity contribution in [3.63, 3.8) is 0 Å². The minimum absolute atomic E-state index is 0.258. The molecule has 0 saturated carbocycles. The molecule has 0 aromatic rings. The average molecular weight is 237 g/mol. The molecule has 1 saturated heterocycles. The van der Waals surface area contributed by atoms with Gasteiger partial charge in [0.1, 0.15) is 0 Å². The highest BCUT2D eigenvalue weighted by atomic mass is 32.2. The largest absolute Gasteiger partial charge is 0.315 e. The summed E-state index contributed by atoms with van der Waals surface area (Å²) in [5, 5.41) is 3.23. The molecule has 1 N–H and O–H groups in total. The van der Waals surface area contributed by atoms with E-state index < -0.39 is 9.84 Å². The van der Waals surface area contributed by atoms with Crippen LogP contribution in [0, 0.1) is 5.92 Å². The Morgan fingerprint density at radius 3 is 2.86 bits per heavy atom. The van der Waals surface area contributed by atoms with E-state index in [0.717, 1.165) is 12.5 Å². The van der Waals surface area contributed by atoms with Crippen LogP contribution < -0.4 is 5.32 Å². The molecule has 14 heavy (non-hydrogen) atoms. The number of rotatable bonds is 6. The molecule has 84 valence electrons. The van der Waals surface area contributed by atoms with E-state index in [1.807, 2.05) is 11.8 Å². The van der Waals surface area contributed by atoms with Crippen LogP contribution in [0.5, 0.6) is 0 Å². The molecule has 1 unspecified atom stereocenters. The standard InChI is InChI=1S/C9H19NO2S2/c1-2-14(11,12)6-4-10-7-9-3-5-13-8-9/h9-10H,2-8H2,1H3. The second kappa shape index (κ2) is 5.98. The highest BCUT2D eigenvalue weighted by molar-refractivity contribution is 7.99. The first-order valence-electron chi connectivity index (χ1n) is 5.13. The summed E-state index contributed by atoms with van der Waals surface area (Å²) in [7, 11) is -2.78. The molecule has 0 spiro atoms. The topological polar surface area (TPSA) is 46.2 Å². The van der Waals surface area contributed by atoms with Crippen molar-refractivity contribution in [3.8, 4) is 0 Å². The average Bonchev–Trinajstić information content (AvgIpc) is 2.65. The van der Waals surface area contributed by atoms with Gasteiger partial charge in [-0.05, 0) is 30.4 Å². The van der Waals surface area contributed by atoms with Crippen molar-refractivity contribution in [2.45, 2.75) is 13.3 Å². The Bertz CT molecular complexity index is 246. The van der Waals surface area contributed by atoms with Gasteiger partial charge in [0.25, 0.3) is 0 Å². The van der Waals surface area contributed by atoms with Gasteiger partial charge in [0.15, 0.2) is 9.84 Å². The Labute approximate surface area is 91.0 Å². The first kappa shape index (κ1) is 12.3. The lowest BCUT2D eigenvalue weighted by Crippen LogP contribution is -2.28. The van der Waals surface area contributed by atoms with Gasteiger partial charge >= 0.3 is 0 Å². The molecule has 0 bridgehead atoms. The minimum atomic E-state index is -2.78. The summed E-state index contributed by atoms with van der Waals surface area (Å²) in [5.41, 5.74) is 0. The second-order valence-electron chi connectivity index (χ2n) is 3.67. The zero-order valence-corrected chi connectivity index (χ0v) is 10.3. The molecule has 5 heteroatoms. The second-order valence-corrected chi connectivity index (χ2v) is 7.29. The molecule has 1 atom stereocenters. The van der Waals surface area contributed by atoms with E-state index in [2.05, 4.69) is 5.32 Å². The predicted molar refractivity (Wildman–Crippen MR) is 62.6 cm³/mol. The fourth-order valence-electron chi connectivity index (χ4n) is 1.42. The van der Waals surface area contributed by atoms with Crippen LogP contribution in [-0.4, -0.2) is 44.5 Å². The molecule has 0 aromatic carbocycles. The molecule has 1 aliphatic rings. The Hall–Kier alpha value is 0.260. The van der Waals surface area contributed by atoms with Crippen LogP contribution in [0.4, 0.5) is 0 Å². The monoisotopic (exact) mass is 237 g/mol. The Morgan fingerprint density at radius 1 is 1.50 bits per heavy atom. The van der Waals surface area contributed by atoms with E-state index >= 15 is 0 Å². The quantitative estimate of drug-likeness (QED) is 0.693. The number of hydrogen-bond acceptors (Lipinski definition) is 4. The lowest BCUT2D eigenvalue weighted by atomic mass is 10.1. The highest BCUT2D eigenvalue weighted by Crippen LogP contribution is 2.22. The fourth-order valence-corrected chi connectivity index (χ4v) is 3.45. The van der Waals surface area contributed by atoms with E-state index in [9.17, 15) is 8.42 Å². The fraction of sp³-hybridized carbons (Fsp3) is 1.00. The Balaban J connectivity index is 2.04. The van der Waals surface area contributed by atoms with Crippen LogP contribution in [-0.2, 0) is 9.84 Å². The van der Waals surface area contributed by atoms with E-state index in [-0.39, 0.29) is 11.5 Å². The van der Waals surface area contributed by atoms with Gasteiger partial charge in [-0.2, -0.15) is 11.8 Å². The van der Waals surface area contributed by atoms with E-state index in [1.54, 1.807) is 6.92 Å². The molecular weight excluding hydrogens is 218 g/mol. The SMILES string of the molecule is CCS(=O)(=O)CCNCC1CCSC1. The molecule has 1 fully saturated rings. The van der Waals surface area contributed by atoms with Crippen LogP contribution in [0.2, 0.25) is 0 Å². The van der Waals surface area contributed by atoms with Crippen molar-refractivity contribution in [2.75, 3.05) is 36.1 Å². The van der Waals surface area contributed by atoms with Crippen molar-refractivity contribution < 1.29 is 8.42 Å². The van der Waals surface area contributed by atoms with Gasteiger partial charge in [0.2, 0.25) is 0 Å². The third kappa shape index (κ3) is 4.66. The third-order valence-corrected chi connectivity index (χ3v) is 5.42. The third-order valence-electron chi connectivity index (χ3n) is 2.49. The summed E-state index contributed by atoms with van der Waals surface area (Å²) in [5.74, 6) is 3.79. The Morgan fingerprint density at radius 2 is 2.29 bits per heavy atom. The van der Waals surface area contributed by atoms with Crippen molar-refractivity contribution in [2.24, 2.45) is 5.92 Å². The van der Waals surface area contributed by atoms with Crippen LogP contribution in [0.25, 0.3) is 0 Å². The van der Waals surface area contributed by atoms with E-state index in [0.29, 0.717) is 6.54 Å². The molecule has 1 rings (SSSR count). The maximum atomic E-state index is 11.2. The van der Waals surface area contributed by atoms with Crippen LogP contribution in [0.1, 0.15) is 13.3 Å². The molecule has 1 aliphatic heterocycles. The zero-order valence-electron chi connectivity index (χ0n) is 8.66. The smallest absolute Gasteiger partial charge is 0.151 e. The molecular formula is C9H19NO2S2. The van der Waals surface area contributed by atoms with Crippen molar-refractivity contribution in [1.82, 2.24) is 5.32 Å². The molecule has 0 amide bonds. The van der Waals surface area contributed by atoms with Crippen LogP contribution in [0.3, 0.4) is 0 Å². The number of nitrogens with one attached hydrogen (secondary N) is 1. The lowest BCUT2D eigenvalue weighted by Gasteiger charge is -2.09. The van der Waals surface area contributed by atoms with Crippen LogP contribution in [0.15, 0.2) is 0 Å². The van der Waals surface area contributed by atoms with E-state index in [4.69, 9.17) is 0 Å². The van der Waals surface area contributed by atoms with Gasteiger partial charge in [0.05, 0.1) is 5.75 Å². The highest BCUT2D eigenvalue weighted by Gasteiger charge is 2.15. The molecule has 1 heterocycles. The van der Waals surface area contributed by atoms with E-state index in [1.165, 1.54) is 17.9 Å². The van der Waals surface area contributed by atoms with Crippen molar-refractivity contribution in [3.05, 3.63) is 0 Å². The van der Waals surface area contributed by atoms with Crippen molar-refractivity contribution in [1.29, 1.82) is 0 Å². The summed E-state index contributed by atoms with van der Waals surface area (Å²) in [6.45, 7) is 3.28. The predicted octanol–water partition coefficient (Wildman–Crippen LogP) is 0.764. The molecule has 3 nitrogen and oxygen atoms in total. The van der Waals surface area contributed by atoms with Gasteiger partial charge in [-0.25, -0.2) is 8.42 Å². The van der Waals surface area contributed by atoms with Gasteiger partial charge in [0, 0.05) is 12.3 Å². The molecule has 0 aliphatic carbocycles. The van der Waals surface area contributed by atoms with Gasteiger partial charge in [-0.1, -0.05) is 6.92 Å². The maximum Gasteiger partial charge on any atom is 0.151 e. The number of hydrogen-bond donors (Lipinski definition) is 1. The normalized spacial score (nSPS) is 22.8. The number of sulfone groups is 1. The summed E-state index contributed by atoms with van der Waals surface area (Å²) in [4.78, 5) is 0. The maximum absolute atomic E-state index is 11.2. The minimum Gasteiger partial charge on any atom is -0.315 e. The first-order chi connectivity index (χ1) is 6.64. The number of thioether (sulfide) groups is 1. The summed E-state index contributed by atoms with van der Waals surface area (Å²) in [6.07, 6.45) is 1.28. The van der Waals surface area contributed by atoms with Gasteiger partial charge in [-0.3, -0.25) is 0 Å². The first-order valence-corrected chi connectivity index (χ1v) is 8.10.